The molecule has 6 heteroatoms. The van der Waals surface area contributed by atoms with Crippen molar-refractivity contribution in [2.75, 3.05) is 0 Å². The van der Waals surface area contributed by atoms with Crippen LogP contribution in [0, 0.1) is 23.5 Å². The van der Waals surface area contributed by atoms with E-state index < -0.39 is 17.5 Å². The molecule has 0 spiro atoms. The van der Waals surface area contributed by atoms with E-state index in [0.717, 1.165) is 17.7 Å². The van der Waals surface area contributed by atoms with Crippen LogP contribution in [0.5, 0.6) is 5.75 Å². The predicted octanol–water partition coefficient (Wildman–Crippen LogP) is 4.33. The quantitative estimate of drug-likeness (QED) is 0.436. The first-order valence-electron chi connectivity index (χ1n) is 5.16. The summed E-state index contributed by atoms with van der Waals surface area (Å²) in [5, 5.41) is 0. The summed E-state index contributed by atoms with van der Waals surface area (Å²) < 4.78 is 43.8. The minimum atomic E-state index is -1.53. The molecule has 0 saturated carbocycles. The van der Waals surface area contributed by atoms with Gasteiger partial charge in [-0.1, -0.05) is 0 Å². The van der Waals surface area contributed by atoms with Crippen LogP contribution < -0.4 is 4.74 Å². The molecule has 0 heterocycles. The fourth-order valence-electron chi connectivity index (χ4n) is 1.30. The Morgan fingerprint density at radius 3 is 2.47 bits per heavy atom. The number of benzene rings is 2. The normalized spacial score (nSPS) is 9.58. The molecule has 0 bridgehead atoms. The van der Waals surface area contributed by atoms with Crippen molar-refractivity contribution in [2.24, 2.45) is 0 Å². The number of ether oxygens (including phenoxy) is 1. The Hall–Kier alpha value is -0.867. The Morgan fingerprint density at radius 2 is 1.84 bits per heavy atom. The van der Waals surface area contributed by atoms with Gasteiger partial charge in [0.1, 0.15) is 0 Å². The Bertz CT molecular complexity index is 523. The van der Waals surface area contributed by atoms with Crippen LogP contribution in [0.3, 0.4) is 0 Å². The second-order valence-corrected chi connectivity index (χ2v) is 3.37. The maximum atomic E-state index is 13.2. The molecule has 0 fully saturated rings. The van der Waals surface area contributed by atoms with E-state index in [1.807, 2.05) is 0 Å². The standard InChI is InChI=1S/C13H8F3O.BrH.Zn/c14-10-6-7-11(13(16)12(10)15)17-8-9-4-2-1-3-5-9;;/h1-2,4-7H,8H2;1H;/q-1;;+2/p-1. The molecule has 0 unspecified atom stereocenters. The molecule has 1 nitrogen and oxygen atoms in total. The van der Waals surface area contributed by atoms with Gasteiger partial charge >= 0.3 is 30.0 Å². The van der Waals surface area contributed by atoms with E-state index in [4.69, 9.17) is 4.74 Å². The van der Waals surface area contributed by atoms with Crippen LogP contribution in [-0.4, -0.2) is 0 Å². The van der Waals surface area contributed by atoms with E-state index in [2.05, 4.69) is 19.7 Å². The topological polar surface area (TPSA) is 9.23 Å². The van der Waals surface area contributed by atoms with Crippen LogP contribution in [0.15, 0.2) is 36.4 Å². The zero-order valence-corrected chi connectivity index (χ0v) is 14.4. The molecule has 96 valence electrons. The summed E-state index contributed by atoms with van der Waals surface area (Å²) in [6.45, 7) is 0.0688. The van der Waals surface area contributed by atoms with Crippen molar-refractivity contribution in [1.82, 2.24) is 0 Å². The summed E-state index contributed by atoms with van der Waals surface area (Å²) in [5.74, 6) is -4.39. The summed E-state index contributed by atoms with van der Waals surface area (Å²) in [6, 6.07) is 11.6. The summed E-state index contributed by atoms with van der Waals surface area (Å²) in [5.41, 5.74) is 0.761. The van der Waals surface area contributed by atoms with Gasteiger partial charge in [-0.05, 0) is 12.1 Å². The first-order valence-corrected chi connectivity index (χ1v) is 12.1. The maximum absolute atomic E-state index is 13.2. The third-order valence-electron chi connectivity index (χ3n) is 2.17. The van der Waals surface area contributed by atoms with Crippen molar-refractivity contribution < 1.29 is 34.3 Å². The minimum absolute atomic E-state index is 0.0688. The fraction of sp³-hybridized carbons (Fsp3) is 0.0769. The molecule has 0 atom stereocenters. The van der Waals surface area contributed by atoms with Gasteiger partial charge in [-0.3, -0.25) is 0 Å². The molecule has 0 saturated heterocycles. The number of halogens is 4. The van der Waals surface area contributed by atoms with E-state index in [1.165, 1.54) is 16.3 Å². The van der Waals surface area contributed by atoms with Gasteiger partial charge in [-0.25, -0.2) is 8.78 Å². The Balaban J connectivity index is 0.000000861. The summed E-state index contributed by atoms with van der Waals surface area (Å²) >= 11 is 4.25. The molecule has 2 aromatic carbocycles. The number of rotatable bonds is 3. The van der Waals surface area contributed by atoms with Gasteiger partial charge in [-0.15, -0.1) is 5.56 Å². The van der Waals surface area contributed by atoms with E-state index in [0.29, 0.717) is 0 Å². The molecule has 0 aliphatic heterocycles. The number of hydrogen-bond donors (Lipinski definition) is 0. The van der Waals surface area contributed by atoms with Crippen LogP contribution in [0.25, 0.3) is 0 Å². The van der Waals surface area contributed by atoms with E-state index in [1.54, 1.807) is 24.3 Å². The van der Waals surface area contributed by atoms with Crippen LogP contribution in [0.4, 0.5) is 13.2 Å². The molecule has 19 heavy (non-hydrogen) atoms. The molecule has 0 aromatic heterocycles. The predicted molar refractivity (Wildman–Crippen MR) is 64.9 cm³/mol. The van der Waals surface area contributed by atoms with Crippen LogP contribution in [0.1, 0.15) is 5.56 Å². The summed E-state index contributed by atoms with van der Waals surface area (Å²) in [4.78, 5) is 0. The number of hydrogen-bond acceptors (Lipinski definition) is 1. The third-order valence-corrected chi connectivity index (χ3v) is 2.17. The molecule has 0 aliphatic rings. The van der Waals surface area contributed by atoms with Crippen LogP contribution in [0.2, 0.25) is 0 Å². The van der Waals surface area contributed by atoms with Crippen LogP contribution >= 0.6 is 13.6 Å². The zero-order chi connectivity index (χ0) is 14.3. The first-order chi connectivity index (χ1) is 9.18. The van der Waals surface area contributed by atoms with E-state index in [-0.39, 0.29) is 12.4 Å². The van der Waals surface area contributed by atoms with Crippen molar-refractivity contribution in [3.63, 3.8) is 0 Å². The molecular weight excluding hydrogens is 374 g/mol. The summed E-state index contributed by atoms with van der Waals surface area (Å²) in [7, 11) is 0. The molecule has 2 aromatic rings. The summed E-state index contributed by atoms with van der Waals surface area (Å²) in [6.07, 6.45) is 0. The van der Waals surface area contributed by atoms with Crippen molar-refractivity contribution in [3.8, 4) is 5.75 Å². The van der Waals surface area contributed by atoms with Crippen molar-refractivity contribution >= 4 is 13.6 Å². The van der Waals surface area contributed by atoms with Gasteiger partial charge < -0.3 is 4.74 Å². The van der Waals surface area contributed by atoms with Gasteiger partial charge in [0.05, 0.1) is 6.61 Å². The SMILES string of the molecule is Fc1ccc(OCc2c[c-]ccc2)c(F)c1F.[Zn+][Br]. The van der Waals surface area contributed by atoms with Crippen molar-refractivity contribution in [2.45, 2.75) is 6.61 Å². The molecular formula is C13H8BrF3OZn. The van der Waals surface area contributed by atoms with E-state index >= 15 is 0 Å². The third kappa shape index (κ3) is 4.62. The first kappa shape index (κ1) is 16.2. The zero-order valence-electron chi connectivity index (χ0n) is 9.80. The molecule has 0 N–H and O–H groups in total. The van der Waals surface area contributed by atoms with Gasteiger partial charge in [-0.2, -0.15) is 34.7 Å². The molecule has 0 amide bonds. The van der Waals surface area contributed by atoms with Gasteiger partial charge in [0.2, 0.25) is 5.82 Å². The van der Waals surface area contributed by atoms with Crippen LogP contribution in [-0.2, 0) is 22.9 Å². The Kier molecular flexibility index (Phi) is 7.10. The second kappa shape index (κ2) is 8.33. The van der Waals surface area contributed by atoms with E-state index in [9.17, 15) is 13.2 Å². The van der Waals surface area contributed by atoms with Gasteiger partial charge in [0.25, 0.3) is 0 Å². The average Bonchev–Trinajstić information content (AvgIpc) is 2.47. The monoisotopic (exact) mass is 380 g/mol. The Labute approximate surface area is 125 Å². The van der Waals surface area contributed by atoms with Gasteiger partial charge in [0, 0.05) is 0 Å². The Morgan fingerprint density at radius 1 is 1.11 bits per heavy atom. The molecule has 0 radical (unpaired) electrons. The van der Waals surface area contributed by atoms with Crippen molar-refractivity contribution in [1.29, 1.82) is 0 Å². The van der Waals surface area contributed by atoms with Gasteiger partial charge in [0.15, 0.2) is 17.4 Å². The molecule has 2 rings (SSSR count). The van der Waals surface area contributed by atoms with Crippen molar-refractivity contribution in [3.05, 3.63) is 65.5 Å². The molecule has 0 aliphatic carbocycles. The second-order valence-electron chi connectivity index (χ2n) is 3.37. The fourth-order valence-corrected chi connectivity index (χ4v) is 1.30. The average molecular weight is 382 g/mol.